The van der Waals surface area contributed by atoms with Gasteiger partial charge in [-0.2, -0.15) is 13.2 Å². The Morgan fingerprint density at radius 1 is 1.18 bits per heavy atom. The molecule has 0 saturated heterocycles. The molecule has 128 valence electrons. The van der Waals surface area contributed by atoms with Crippen LogP contribution in [0.4, 0.5) is 13.2 Å². The molecule has 7 heteroatoms. The minimum atomic E-state index is -5.03. The van der Waals surface area contributed by atoms with Gasteiger partial charge in [0.2, 0.25) is 0 Å². The number of hydrogen-bond donors (Lipinski definition) is 1. The molecule has 1 atom stereocenters. The smallest absolute Gasteiger partial charge is 0.464 e. The van der Waals surface area contributed by atoms with Crippen molar-refractivity contribution in [1.29, 1.82) is 0 Å². The molecule has 4 nitrogen and oxygen atoms in total. The van der Waals surface area contributed by atoms with Crippen LogP contribution < -0.4 is 5.32 Å². The van der Waals surface area contributed by atoms with Gasteiger partial charge < -0.3 is 10.1 Å². The van der Waals surface area contributed by atoms with Gasteiger partial charge in [0, 0.05) is 0 Å². The fourth-order valence-corrected chi connectivity index (χ4v) is 1.78. The van der Waals surface area contributed by atoms with Crippen LogP contribution in [0.2, 0.25) is 0 Å². The molecule has 0 aromatic rings. The van der Waals surface area contributed by atoms with Gasteiger partial charge in [-0.1, -0.05) is 45.1 Å². The monoisotopic (exact) mass is 323 g/mol. The number of carbonyl (C=O) groups excluding carboxylic acids is 2. The number of unbranched alkanes of at least 4 members (excludes halogenated alkanes) is 5. The molecule has 1 N–H and O–H groups in total. The molecule has 1 unspecified atom stereocenters. The van der Waals surface area contributed by atoms with Crippen LogP contribution in [0.5, 0.6) is 0 Å². The maximum atomic E-state index is 12.2. The van der Waals surface area contributed by atoms with Gasteiger partial charge in [-0.25, -0.2) is 4.79 Å². The first kappa shape index (κ1) is 20.5. The first-order valence-corrected chi connectivity index (χ1v) is 7.48. The molecular weight excluding hydrogens is 299 g/mol. The molecule has 0 fully saturated rings. The van der Waals surface area contributed by atoms with Crippen molar-refractivity contribution in [2.24, 2.45) is 0 Å². The zero-order chi connectivity index (χ0) is 17.0. The standard InChI is InChI=1S/C15H24F3NO3/c1-3-5-6-7-8-9-11-22-13(20)12(10-4-2)19-14(21)15(16,17)18/h4,12H,2-3,5-11H2,1H3,(H,19,21). The van der Waals surface area contributed by atoms with Crippen molar-refractivity contribution in [3.63, 3.8) is 0 Å². The summed E-state index contributed by atoms with van der Waals surface area (Å²) in [6, 6.07) is -1.35. The Bertz CT molecular complexity index is 356. The molecule has 0 saturated carbocycles. The molecule has 0 aromatic carbocycles. The lowest BCUT2D eigenvalue weighted by atomic mass is 10.1. The second-order valence-electron chi connectivity index (χ2n) is 4.98. The Kier molecular flexibility index (Phi) is 10.3. The highest BCUT2D eigenvalue weighted by molar-refractivity contribution is 5.87. The minimum absolute atomic E-state index is 0.114. The van der Waals surface area contributed by atoms with Crippen molar-refractivity contribution in [3.8, 4) is 0 Å². The molecule has 0 aliphatic carbocycles. The molecule has 0 aliphatic rings. The van der Waals surface area contributed by atoms with Crippen LogP contribution in [0.3, 0.4) is 0 Å². The van der Waals surface area contributed by atoms with Crippen molar-refractivity contribution in [3.05, 3.63) is 12.7 Å². The summed E-state index contributed by atoms with van der Waals surface area (Å²) < 4.78 is 41.4. The quantitative estimate of drug-likeness (QED) is 0.360. The summed E-state index contributed by atoms with van der Waals surface area (Å²) in [7, 11) is 0. The van der Waals surface area contributed by atoms with E-state index in [2.05, 4.69) is 13.5 Å². The van der Waals surface area contributed by atoms with E-state index in [-0.39, 0.29) is 13.0 Å². The molecule has 1 amide bonds. The van der Waals surface area contributed by atoms with Crippen LogP contribution in [0.1, 0.15) is 51.9 Å². The average molecular weight is 323 g/mol. The Morgan fingerprint density at radius 3 is 2.32 bits per heavy atom. The van der Waals surface area contributed by atoms with Crippen molar-refractivity contribution in [2.75, 3.05) is 6.61 Å². The summed E-state index contributed by atoms with van der Waals surface area (Å²) in [4.78, 5) is 22.5. The highest BCUT2D eigenvalue weighted by Gasteiger charge is 2.40. The Balaban J connectivity index is 4.10. The van der Waals surface area contributed by atoms with E-state index in [1.807, 2.05) is 0 Å². The van der Waals surface area contributed by atoms with Crippen LogP contribution in [0, 0.1) is 0 Å². The summed E-state index contributed by atoms with van der Waals surface area (Å²) in [6.45, 7) is 5.60. The molecule has 0 spiro atoms. The van der Waals surface area contributed by atoms with Crippen LogP contribution in [-0.4, -0.2) is 30.7 Å². The maximum absolute atomic E-state index is 12.2. The largest absolute Gasteiger partial charge is 0.471 e. The Morgan fingerprint density at radius 2 is 1.77 bits per heavy atom. The summed E-state index contributed by atoms with van der Waals surface area (Å²) in [5, 5.41) is 1.62. The number of alkyl halides is 3. The average Bonchev–Trinajstić information content (AvgIpc) is 2.44. The molecule has 0 aromatic heterocycles. The first-order chi connectivity index (χ1) is 10.3. The number of amides is 1. The highest BCUT2D eigenvalue weighted by atomic mass is 19.4. The Hall–Kier alpha value is -1.53. The summed E-state index contributed by atoms with van der Waals surface area (Å²) in [6.07, 6.45) is 2.11. The molecular formula is C15H24F3NO3. The minimum Gasteiger partial charge on any atom is -0.464 e. The summed E-state index contributed by atoms with van der Waals surface area (Å²) in [5.74, 6) is -3.03. The first-order valence-electron chi connectivity index (χ1n) is 7.48. The van der Waals surface area contributed by atoms with Crippen LogP contribution >= 0.6 is 0 Å². The number of halogens is 3. The lowest BCUT2D eigenvalue weighted by molar-refractivity contribution is -0.175. The zero-order valence-corrected chi connectivity index (χ0v) is 12.9. The lowest BCUT2D eigenvalue weighted by Gasteiger charge is -2.17. The third-order valence-corrected chi connectivity index (χ3v) is 2.99. The van der Waals surface area contributed by atoms with Crippen molar-refractivity contribution >= 4 is 11.9 Å². The van der Waals surface area contributed by atoms with E-state index < -0.39 is 24.1 Å². The normalized spacial score (nSPS) is 12.5. The van der Waals surface area contributed by atoms with E-state index in [1.54, 1.807) is 5.32 Å². The van der Waals surface area contributed by atoms with E-state index in [4.69, 9.17) is 4.74 Å². The summed E-state index contributed by atoms with van der Waals surface area (Å²) >= 11 is 0. The van der Waals surface area contributed by atoms with Gasteiger partial charge in [0.25, 0.3) is 0 Å². The molecule has 0 aliphatic heterocycles. The van der Waals surface area contributed by atoms with Gasteiger partial charge in [-0.3, -0.25) is 4.79 Å². The van der Waals surface area contributed by atoms with Crippen LogP contribution in [0.25, 0.3) is 0 Å². The van der Waals surface area contributed by atoms with E-state index in [0.29, 0.717) is 6.42 Å². The second kappa shape index (κ2) is 11.1. The number of carbonyl (C=O) groups is 2. The van der Waals surface area contributed by atoms with Gasteiger partial charge in [-0.05, 0) is 12.8 Å². The summed E-state index contributed by atoms with van der Waals surface area (Å²) in [5.41, 5.74) is 0. The zero-order valence-electron chi connectivity index (χ0n) is 12.9. The number of hydrogen-bond acceptors (Lipinski definition) is 3. The van der Waals surface area contributed by atoms with E-state index >= 15 is 0 Å². The molecule has 22 heavy (non-hydrogen) atoms. The van der Waals surface area contributed by atoms with Gasteiger partial charge >= 0.3 is 18.1 Å². The van der Waals surface area contributed by atoms with Crippen molar-refractivity contribution in [2.45, 2.75) is 64.1 Å². The molecule has 0 rings (SSSR count). The van der Waals surface area contributed by atoms with Crippen LogP contribution in [-0.2, 0) is 14.3 Å². The predicted octanol–water partition coefficient (Wildman–Crippen LogP) is 3.51. The Labute approximate surface area is 129 Å². The van der Waals surface area contributed by atoms with E-state index in [9.17, 15) is 22.8 Å². The second-order valence-corrected chi connectivity index (χ2v) is 4.98. The molecule has 0 bridgehead atoms. The number of nitrogens with one attached hydrogen (secondary N) is 1. The van der Waals surface area contributed by atoms with Crippen molar-refractivity contribution in [1.82, 2.24) is 5.32 Å². The SMILES string of the molecule is C=CCC(NC(=O)C(F)(F)F)C(=O)OCCCCCCCC. The number of rotatable bonds is 11. The number of ether oxygens (including phenoxy) is 1. The van der Waals surface area contributed by atoms with Crippen molar-refractivity contribution < 1.29 is 27.5 Å². The lowest BCUT2D eigenvalue weighted by Crippen LogP contribution is -2.47. The maximum Gasteiger partial charge on any atom is 0.471 e. The highest BCUT2D eigenvalue weighted by Crippen LogP contribution is 2.15. The molecule has 0 heterocycles. The van der Waals surface area contributed by atoms with E-state index in [0.717, 1.165) is 32.1 Å². The molecule has 0 radical (unpaired) electrons. The number of esters is 1. The van der Waals surface area contributed by atoms with Gasteiger partial charge in [0.05, 0.1) is 6.61 Å². The van der Waals surface area contributed by atoms with Crippen LogP contribution in [0.15, 0.2) is 12.7 Å². The predicted molar refractivity (Wildman–Crippen MR) is 77.1 cm³/mol. The fourth-order valence-electron chi connectivity index (χ4n) is 1.78. The van der Waals surface area contributed by atoms with Gasteiger partial charge in [0.15, 0.2) is 0 Å². The van der Waals surface area contributed by atoms with E-state index in [1.165, 1.54) is 6.08 Å². The van der Waals surface area contributed by atoms with Gasteiger partial charge in [0.1, 0.15) is 6.04 Å². The topological polar surface area (TPSA) is 55.4 Å². The third-order valence-electron chi connectivity index (χ3n) is 2.99. The third kappa shape index (κ3) is 9.41. The van der Waals surface area contributed by atoms with Gasteiger partial charge in [-0.15, -0.1) is 6.58 Å². The fraction of sp³-hybridized carbons (Fsp3) is 0.733.